The highest BCUT2D eigenvalue weighted by molar-refractivity contribution is 5.88. The minimum absolute atomic E-state index is 0.443. The van der Waals surface area contributed by atoms with Crippen molar-refractivity contribution in [3.8, 4) is 0 Å². The predicted octanol–water partition coefficient (Wildman–Crippen LogP) is 4.24. The Kier molecular flexibility index (Phi) is 9.97. The number of carbonyl (C=O) groups is 1. The molecule has 0 aliphatic rings. The average Bonchev–Trinajstić information content (AvgIpc) is 2.35. The van der Waals surface area contributed by atoms with Gasteiger partial charge in [0.1, 0.15) is 0 Å². The second-order valence-electron chi connectivity index (χ2n) is 4.64. The summed E-state index contributed by atoms with van der Waals surface area (Å²) in [6.45, 7) is 9.00. The van der Waals surface area contributed by atoms with E-state index in [1.807, 2.05) is 13.0 Å². The van der Waals surface area contributed by atoms with E-state index in [2.05, 4.69) is 25.7 Å². The Bertz CT molecular complexity index is 304. The first-order valence-corrected chi connectivity index (χ1v) is 6.46. The van der Waals surface area contributed by atoms with Crippen molar-refractivity contribution in [1.82, 2.24) is 0 Å². The summed E-state index contributed by atoms with van der Waals surface area (Å²) in [7, 11) is 0. The molecular formula is C15H24O3. The van der Waals surface area contributed by atoms with Crippen LogP contribution >= 0.6 is 0 Å². The summed E-state index contributed by atoms with van der Waals surface area (Å²) in [5.41, 5.74) is 0.504. The van der Waals surface area contributed by atoms with Gasteiger partial charge in [-0.05, 0) is 24.5 Å². The fourth-order valence-corrected chi connectivity index (χ4v) is 0.921. The van der Waals surface area contributed by atoms with Gasteiger partial charge in [0.05, 0.1) is 12.2 Å². The largest absolute Gasteiger partial charge is 0.373 e. The van der Waals surface area contributed by atoms with Gasteiger partial charge in [-0.3, -0.25) is 4.89 Å². The Morgan fingerprint density at radius 1 is 1.17 bits per heavy atom. The first-order valence-electron chi connectivity index (χ1n) is 6.46. The number of hydrogen-bond donors (Lipinski definition) is 0. The van der Waals surface area contributed by atoms with Gasteiger partial charge in [0.2, 0.25) is 0 Å². The van der Waals surface area contributed by atoms with E-state index in [0.29, 0.717) is 12.2 Å². The maximum Gasteiger partial charge on any atom is 0.373 e. The molecule has 1 aromatic rings. The third-order valence-corrected chi connectivity index (χ3v) is 1.73. The van der Waals surface area contributed by atoms with Crippen molar-refractivity contribution in [3.63, 3.8) is 0 Å². The molecule has 0 saturated carbocycles. The van der Waals surface area contributed by atoms with Crippen molar-refractivity contribution in [2.75, 3.05) is 6.61 Å². The highest BCUT2D eigenvalue weighted by Crippen LogP contribution is 2.01. The van der Waals surface area contributed by atoms with E-state index in [9.17, 15) is 4.79 Å². The summed E-state index contributed by atoms with van der Waals surface area (Å²) in [6, 6.07) is 8.77. The molecule has 0 amide bonds. The van der Waals surface area contributed by atoms with E-state index in [0.717, 1.165) is 18.8 Å². The van der Waals surface area contributed by atoms with Gasteiger partial charge in [-0.25, -0.2) is 4.79 Å². The maximum absolute atomic E-state index is 11.3. The third-order valence-electron chi connectivity index (χ3n) is 1.73. The molecule has 3 heteroatoms. The molecule has 0 aliphatic heterocycles. The Labute approximate surface area is 110 Å². The van der Waals surface area contributed by atoms with Gasteiger partial charge in [-0.15, -0.1) is 0 Å². The van der Waals surface area contributed by atoms with Crippen LogP contribution in [-0.4, -0.2) is 12.6 Å². The molecular weight excluding hydrogens is 228 g/mol. The zero-order chi connectivity index (χ0) is 13.8. The van der Waals surface area contributed by atoms with Crippen molar-refractivity contribution in [3.05, 3.63) is 35.9 Å². The monoisotopic (exact) mass is 252 g/mol. The summed E-state index contributed by atoms with van der Waals surface area (Å²) < 4.78 is 0. The van der Waals surface area contributed by atoms with Crippen LogP contribution in [0.15, 0.2) is 30.3 Å². The van der Waals surface area contributed by atoms with Crippen LogP contribution in [0.2, 0.25) is 0 Å². The van der Waals surface area contributed by atoms with Crippen molar-refractivity contribution in [2.45, 2.75) is 40.5 Å². The van der Waals surface area contributed by atoms with Crippen molar-refractivity contribution in [1.29, 1.82) is 0 Å². The molecule has 0 unspecified atom stereocenters. The van der Waals surface area contributed by atoms with E-state index in [-0.39, 0.29) is 0 Å². The lowest BCUT2D eigenvalue weighted by atomic mass is 10.2. The summed E-state index contributed by atoms with van der Waals surface area (Å²) in [5.74, 6) is 0.390. The van der Waals surface area contributed by atoms with Gasteiger partial charge in [0.15, 0.2) is 0 Å². The molecule has 0 fully saturated rings. The number of carbonyl (C=O) groups excluding carboxylic acids is 1. The molecule has 0 bridgehead atoms. The first kappa shape index (κ1) is 16.6. The Morgan fingerprint density at radius 2 is 1.72 bits per heavy atom. The van der Waals surface area contributed by atoms with Gasteiger partial charge in [0, 0.05) is 0 Å². The van der Waals surface area contributed by atoms with E-state index in [1.165, 1.54) is 0 Å². The van der Waals surface area contributed by atoms with E-state index < -0.39 is 5.97 Å². The van der Waals surface area contributed by atoms with Crippen molar-refractivity contribution in [2.24, 2.45) is 5.92 Å². The molecule has 0 saturated heterocycles. The van der Waals surface area contributed by atoms with Gasteiger partial charge in [0.25, 0.3) is 0 Å². The summed E-state index contributed by atoms with van der Waals surface area (Å²) in [6.07, 6.45) is 1.91. The Balaban J connectivity index is 0.000000631. The van der Waals surface area contributed by atoms with E-state index >= 15 is 0 Å². The Morgan fingerprint density at radius 3 is 2.22 bits per heavy atom. The lowest BCUT2D eigenvalue weighted by molar-refractivity contribution is -0.241. The zero-order valence-corrected chi connectivity index (χ0v) is 11.8. The summed E-state index contributed by atoms with van der Waals surface area (Å²) in [5, 5.41) is 0. The van der Waals surface area contributed by atoms with Crippen LogP contribution in [0.25, 0.3) is 0 Å². The van der Waals surface area contributed by atoms with Gasteiger partial charge < -0.3 is 0 Å². The van der Waals surface area contributed by atoms with Crippen LogP contribution in [0.1, 0.15) is 50.9 Å². The molecule has 0 heterocycles. The molecule has 1 rings (SSSR count). The third kappa shape index (κ3) is 9.85. The van der Waals surface area contributed by atoms with Crippen LogP contribution in [0, 0.1) is 5.92 Å². The highest BCUT2D eigenvalue weighted by Gasteiger charge is 2.06. The fourth-order valence-electron chi connectivity index (χ4n) is 0.921. The minimum Gasteiger partial charge on any atom is -0.293 e. The van der Waals surface area contributed by atoms with E-state index in [1.54, 1.807) is 24.3 Å². The lowest BCUT2D eigenvalue weighted by Gasteiger charge is -2.02. The molecule has 0 spiro atoms. The standard InChI is InChI=1S/C11H14O3.C4H10/c1-2-3-9-13-14-11(12)10-7-5-4-6-8-10;1-4(2)3/h4-8H,2-3,9H2,1H3;4H,1-3H3. The normalized spacial score (nSPS) is 9.61. The predicted molar refractivity (Wildman–Crippen MR) is 73.2 cm³/mol. The van der Waals surface area contributed by atoms with Gasteiger partial charge in [-0.1, -0.05) is 52.3 Å². The average molecular weight is 252 g/mol. The van der Waals surface area contributed by atoms with Gasteiger partial charge in [-0.2, -0.15) is 4.89 Å². The second kappa shape index (κ2) is 10.8. The topological polar surface area (TPSA) is 35.5 Å². The summed E-state index contributed by atoms with van der Waals surface area (Å²) in [4.78, 5) is 20.6. The van der Waals surface area contributed by atoms with Crippen LogP contribution in [0.4, 0.5) is 0 Å². The quantitative estimate of drug-likeness (QED) is 0.447. The maximum atomic E-state index is 11.3. The van der Waals surface area contributed by atoms with E-state index in [4.69, 9.17) is 4.89 Å². The van der Waals surface area contributed by atoms with Crippen LogP contribution in [0.3, 0.4) is 0 Å². The fraction of sp³-hybridized carbons (Fsp3) is 0.533. The molecule has 0 aliphatic carbocycles. The first-order chi connectivity index (χ1) is 8.57. The van der Waals surface area contributed by atoms with Gasteiger partial charge >= 0.3 is 5.97 Å². The SMILES string of the molecule is CC(C)C.CCCCOOC(=O)c1ccccc1. The molecule has 3 nitrogen and oxygen atoms in total. The molecule has 18 heavy (non-hydrogen) atoms. The lowest BCUT2D eigenvalue weighted by Crippen LogP contribution is -2.06. The number of hydrogen-bond acceptors (Lipinski definition) is 3. The highest BCUT2D eigenvalue weighted by atomic mass is 17.2. The Hall–Kier alpha value is -1.35. The molecule has 0 aromatic heterocycles. The summed E-state index contributed by atoms with van der Waals surface area (Å²) >= 11 is 0. The zero-order valence-electron chi connectivity index (χ0n) is 11.8. The molecule has 1 aromatic carbocycles. The van der Waals surface area contributed by atoms with Crippen LogP contribution < -0.4 is 0 Å². The van der Waals surface area contributed by atoms with Crippen LogP contribution in [0.5, 0.6) is 0 Å². The number of rotatable bonds is 5. The van der Waals surface area contributed by atoms with Crippen molar-refractivity contribution < 1.29 is 14.6 Å². The smallest absolute Gasteiger partial charge is 0.293 e. The molecule has 0 N–H and O–H groups in total. The molecule has 0 radical (unpaired) electrons. The van der Waals surface area contributed by atoms with Crippen LogP contribution in [-0.2, 0) is 9.78 Å². The molecule has 0 atom stereocenters. The number of unbranched alkanes of at least 4 members (excludes halogenated alkanes) is 1. The molecule has 102 valence electrons. The van der Waals surface area contributed by atoms with Crippen molar-refractivity contribution >= 4 is 5.97 Å². The number of benzene rings is 1. The second-order valence-corrected chi connectivity index (χ2v) is 4.64. The minimum atomic E-state index is -0.443.